The summed E-state index contributed by atoms with van der Waals surface area (Å²) in [7, 11) is 0. The lowest BCUT2D eigenvalue weighted by atomic mass is 9.96. The van der Waals surface area contributed by atoms with Gasteiger partial charge in [0.15, 0.2) is 6.10 Å². The van der Waals surface area contributed by atoms with Gasteiger partial charge in [0.25, 0.3) is 0 Å². The number of nitriles is 1. The second-order valence-corrected chi connectivity index (χ2v) is 6.67. The lowest BCUT2D eigenvalue weighted by molar-refractivity contribution is 0.0319. The topological polar surface area (TPSA) is 67.2 Å². The van der Waals surface area contributed by atoms with E-state index in [9.17, 15) is 14.9 Å². The number of hydrogen-bond donors (Lipinski definition) is 0. The fourth-order valence-electron chi connectivity index (χ4n) is 3.13. The highest BCUT2D eigenvalue weighted by Gasteiger charge is 2.22. The molecule has 0 aliphatic carbocycles. The Morgan fingerprint density at radius 1 is 0.931 bits per heavy atom. The zero-order valence-electron chi connectivity index (χ0n) is 16.4. The molecule has 0 bridgehead atoms. The molecule has 1 atom stereocenters. The first kappa shape index (κ1) is 20.0. The maximum atomic E-state index is 12.8. The van der Waals surface area contributed by atoms with E-state index >= 15 is 0 Å². The highest BCUT2D eigenvalue weighted by molar-refractivity contribution is 6.03. The van der Waals surface area contributed by atoms with Gasteiger partial charge in [0.05, 0.1) is 17.2 Å². The molecule has 0 radical (unpaired) electrons. The zero-order valence-corrected chi connectivity index (χ0v) is 16.4. The van der Waals surface area contributed by atoms with Crippen LogP contribution in [0.5, 0.6) is 0 Å². The molecular formula is C25H21NO3. The van der Waals surface area contributed by atoms with E-state index in [0.29, 0.717) is 27.8 Å². The van der Waals surface area contributed by atoms with Crippen LogP contribution in [-0.2, 0) is 11.2 Å². The van der Waals surface area contributed by atoms with Crippen LogP contribution in [-0.4, -0.2) is 17.9 Å². The molecule has 3 aromatic carbocycles. The van der Waals surface area contributed by atoms with Crippen LogP contribution in [0.25, 0.3) is 11.1 Å². The number of rotatable bonds is 6. The monoisotopic (exact) mass is 383 g/mol. The minimum absolute atomic E-state index is 0.254. The van der Waals surface area contributed by atoms with Crippen LogP contribution >= 0.6 is 0 Å². The summed E-state index contributed by atoms with van der Waals surface area (Å²) in [5.41, 5.74) is 3.67. The molecular weight excluding hydrogens is 362 g/mol. The van der Waals surface area contributed by atoms with Crippen LogP contribution in [0.4, 0.5) is 0 Å². The minimum atomic E-state index is -0.922. The summed E-state index contributed by atoms with van der Waals surface area (Å²) in [6, 6.07) is 23.4. The quantitative estimate of drug-likeness (QED) is 0.432. The number of ketones is 1. The minimum Gasteiger partial charge on any atom is -0.451 e. The van der Waals surface area contributed by atoms with Crippen LogP contribution in [0.2, 0.25) is 0 Å². The van der Waals surface area contributed by atoms with Crippen molar-refractivity contribution in [2.45, 2.75) is 26.4 Å². The van der Waals surface area contributed by atoms with Gasteiger partial charge in [-0.25, -0.2) is 4.79 Å². The van der Waals surface area contributed by atoms with E-state index in [-0.39, 0.29) is 5.78 Å². The van der Waals surface area contributed by atoms with E-state index in [2.05, 4.69) is 6.07 Å². The molecule has 0 unspecified atom stereocenters. The number of ether oxygens (including phenoxy) is 1. The van der Waals surface area contributed by atoms with Crippen molar-refractivity contribution in [2.24, 2.45) is 0 Å². The van der Waals surface area contributed by atoms with Crippen LogP contribution in [0.15, 0.2) is 72.8 Å². The molecule has 144 valence electrons. The number of hydrogen-bond acceptors (Lipinski definition) is 4. The number of Topliss-reactive ketones (excluding diaryl/α,β-unsaturated/α-hetero) is 1. The maximum absolute atomic E-state index is 12.8. The number of carbonyl (C=O) groups is 2. The van der Waals surface area contributed by atoms with Crippen molar-refractivity contribution >= 4 is 11.8 Å². The fourth-order valence-corrected chi connectivity index (χ4v) is 3.13. The van der Waals surface area contributed by atoms with Gasteiger partial charge in [-0.15, -0.1) is 0 Å². The molecule has 0 amide bonds. The molecule has 0 fully saturated rings. The molecule has 0 spiro atoms. The molecule has 0 saturated carbocycles. The third-order valence-electron chi connectivity index (χ3n) is 4.78. The number of benzene rings is 3. The van der Waals surface area contributed by atoms with Crippen LogP contribution in [0, 0.1) is 11.3 Å². The average Bonchev–Trinajstić information content (AvgIpc) is 2.78. The van der Waals surface area contributed by atoms with E-state index in [1.807, 2.05) is 25.1 Å². The third kappa shape index (κ3) is 4.41. The first-order valence-corrected chi connectivity index (χ1v) is 9.47. The number of esters is 1. The van der Waals surface area contributed by atoms with Gasteiger partial charge in [-0.3, -0.25) is 4.79 Å². The second kappa shape index (κ2) is 8.99. The van der Waals surface area contributed by atoms with Gasteiger partial charge in [0, 0.05) is 11.1 Å². The molecule has 3 aromatic rings. The second-order valence-electron chi connectivity index (χ2n) is 6.67. The van der Waals surface area contributed by atoms with E-state index < -0.39 is 12.1 Å². The van der Waals surface area contributed by atoms with E-state index in [1.165, 1.54) is 0 Å². The molecule has 0 N–H and O–H groups in total. The summed E-state index contributed by atoms with van der Waals surface area (Å²) in [5, 5.41) is 9.38. The Morgan fingerprint density at radius 3 is 2.21 bits per heavy atom. The van der Waals surface area contributed by atoms with Gasteiger partial charge in [0.1, 0.15) is 0 Å². The first-order chi connectivity index (χ1) is 14.0. The summed E-state index contributed by atoms with van der Waals surface area (Å²) in [4.78, 5) is 25.5. The summed E-state index contributed by atoms with van der Waals surface area (Å²) < 4.78 is 5.47. The van der Waals surface area contributed by atoms with Gasteiger partial charge in [-0.1, -0.05) is 67.6 Å². The Balaban J connectivity index is 1.84. The fraction of sp³-hybridized carbons (Fsp3) is 0.160. The van der Waals surface area contributed by atoms with Crippen molar-refractivity contribution in [2.75, 3.05) is 0 Å². The largest absolute Gasteiger partial charge is 0.451 e. The number of carbonyl (C=O) groups excluding carboxylic acids is 2. The van der Waals surface area contributed by atoms with Crippen molar-refractivity contribution in [3.63, 3.8) is 0 Å². The predicted molar refractivity (Wildman–Crippen MR) is 112 cm³/mol. The van der Waals surface area contributed by atoms with Crippen LogP contribution < -0.4 is 0 Å². The molecule has 4 heteroatoms. The lowest BCUT2D eigenvalue weighted by Crippen LogP contribution is -2.24. The molecule has 0 saturated heterocycles. The zero-order chi connectivity index (χ0) is 20.8. The molecule has 29 heavy (non-hydrogen) atoms. The lowest BCUT2D eigenvalue weighted by Gasteiger charge is -2.15. The number of nitrogens with zero attached hydrogens (tertiary/aromatic N) is 1. The van der Waals surface area contributed by atoms with Crippen molar-refractivity contribution in [3.05, 3.63) is 95.1 Å². The van der Waals surface area contributed by atoms with E-state index in [0.717, 1.165) is 12.0 Å². The predicted octanol–water partition coefficient (Wildman–Crippen LogP) is 5.22. The third-order valence-corrected chi connectivity index (χ3v) is 4.78. The standard InChI is InChI=1S/C25H21NO3/c1-3-18-12-14-19(15-13-18)24(27)17(2)29-25(28)23-11-7-6-10-22(23)21-9-5-4-8-20(21)16-26/h4-15,17H,3H2,1-2H3/t17-/m0/s1. The normalized spacial score (nSPS) is 11.3. The van der Waals surface area contributed by atoms with Gasteiger partial charge in [0.2, 0.25) is 5.78 Å². The Labute approximate surface area is 170 Å². The highest BCUT2D eigenvalue weighted by Crippen LogP contribution is 2.27. The molecule has 0 heterocycles. The summed E-state index contributed by atoms with van der Waals surface area (Å²) in [5.74, 6) is -0.852. The highest BCUT2D eigenvalue weighted by atomic mass is 16.5. The molecule has 4 nitrogen and oxygen atoms in total. The van der Waals surface area contributed by atoms with Gasteiger partial charge >= 0.3 is 5.97 Å². The van der Waals surface area contributed by atoms with E-state index in [4.69, 9.17) is 4.74 Å². The summed E-state index contributed by atoms with van der Waals surface area (Å²) in [6.07, 6.45) is -0.0331. The SMILES string of the molecule is CCc1ccc(C(=O)[C@H](C)OC(=O)c2ccccc2-c2ccccc2C#N)cc1. The van der Waals surface area contributed by atoms with Gasteiger partial charge < -0.3 is 4.74 Å². The molecule has 0 aliphatic rings. The Bertz CT molecular complexity index is 1080. The maximum Gasteiger partial charge on any atom is 0.339 e. The van der Waals surface area contributed by atoms with Gasteiger partial charge in [-0.2, -0.15) is 5.26 Å². The Kier molecular flexibility index (Phi) is 6.21. The van der Waals surface area contributed by atoms with Crippen molar-refractivity contribution in [3.8, 4) is 17.2 Å². The molecule has 0 aliphatic heterocycles. The summed E-state index contributed by atoms with van der Waals surface area (Å²) in [6.45, 7) is 3.61. The van der Waals surface area contributed by atoms with E-state index in [1.54, 1.807) is 61.5 Å². The van der Waals surface area contributed by atoms with Gasteiger partial charge in [-0.05, 0) is 36.6 Å². The molecule has 3 rings (SSSR count). The van der Waals surface area contributed by atoms with Crippen molar-refractivity contribution in [1.82, 2.24) is 0 Å². The summed E-state index contributed by atoms with van der Waals surface area (Å²) >= 11 is 0. The number of aryl methyl sites for hydroxylation is 1. The molecule has 0 aromatic heterocycles. The smallest absolute Gasteiger partial charge is 0.339 e. The average molecular weight is 383 g/mol. The van der Waals surface area contributed by atoms with Crippen LogP contribution in [0.1, 0.15) is 45.7 Å². The van der Waals surface area contributed by atoms with Crippen molar-refractivity contribution in [1.29, 1.82) is 5.26 Å². The Morgan fingerprint density at radius 2 is 1.55 bits per heavy atom. The first-order valence-electron chi connectivity index (χ1n) is 9.47. The Hall–Kier alpha value is -3.71. The van der Waals surface area contributed by atoms with Crippen LogP contribution in [0.3, 0.4) is 0 Å². The van der Waals surface area contributed by atoms with Crippen molar-refractivity contribution < 1.29 is 14.3 Å².